The first-order valence-corrected chi connectivity index (χ1v) is 22.2. The van der Waals surface area contributed by atoms with Crippen LogP contribution in [0.3, 0.4) is 0 Å². The Kier molecular flexibility index (Phi) is 28.5. The van der Waals surface area contributed by atoms with Gasteiger partial charge in [0, 0.05) is 0 Å². The van der Waals surface area contributed by atoms with Gasteiger partial charge in [0.25, 0.3) is 0 Å². The molecule has 9 N–H and O–H groups in total. The summed E-state index contributed by atoms with van der Waals surface area (Å²) in [5.74, 6) is -0.572. The van der Waals surface area contributed by atoms with E-state index in [1.54, 1.807) is 0 Å². The lowest BCUT2D eigenvalue weighted by Crippen LogP contribution is -2.64. The third-order valence-electron chi connectivity index (χ3n) is 10.1. The molecule has 1 amide bonds. The van der Waals surface area contributed by atoms with Gasteiger partial charge < -0.3 is 46.0 Å². The van der Waals surface area contributed by atoms with Crippen molar-refractivity contribution in [3.05, 3.63) is 12.2 Å². The molecular weight excluding hydrogens is 705 g/mol. The summed E-state index contributed by atoms with van der Waals surface area (Å²) < 4.78 is 22.8. The second kappa shape index (κ2) is 30.2. The summed E-state index contributed by atoms with van der Waals surface area (Å²) in [4.78, 5) is 23.3. The monoisotopic (exact) mass is 782 g/mol. The Labute approximate surface area is 319 Å². The van der Waals surface area contributed by atoms with Crippen LogP contribution in [-0.4, -0.2) is 108 Å². The fourth-order valence-electron chi connectivity index (χ4n) is 6.64. The van der Waals surface area contributed by atoms with Gasteiger partial charge in [0.1, 0.15) is 36.6 Å². The molecule has 8 atom stereocenters. The van der Waals surface area contributed by atoms with E-state index < -0.39 is 75.2 Å². The largest absolute Gasteiger partial charge is 0.472 e. The van der Waals surface area contributed by atoms with E-state index in [1.807, 2.05) is 0 Å². The van der Waals surface area contributed by atoms with Crippen molar-refractivity contribution < 1.29 is 59.0 Å². The molecule has 0 aromatic heterocycles. The van der Waals surface area contributed by atoms with Crippen LogP contribution in [-0.2, 0) is 18.4 Å². The highest BCUT2D eigenvalue weighted by molar-refractivity contribution is 7.47. The molecule has 53 heavy (non-hydrogen) atoms. The number of nitrogens with one attached hydrogen (secondary N) is 1. The number of allylic oxidation sites excluding steroid dienone is 2. The molecule has 8 unspecified atom stereocenters. The minimum atomic E-state index is -5.11. The minimum Gasteiger partial charge on any atom is -0.393 e. The summed E-state index contributed by atoms with van der Waals surface area (Å²) in [6.07, 6.45) is 14.3. The average Bonchev–Trinajstić information content (AvgIpc) is 3.12. The zero-order valence-electron chi connectivity index (χ0n) is 32.7. The van der Waals surface area contributed by atoms with Crippen LogP contribution in [0, 0.1) is 0 Å². The van der Waals surface area contributed by atoms with E-state index in [9.17, 15) is 50.0 Å². The Bertz CT molecular complexity index is 974. The van der Waals surface area contributed by atoms with Crippen LogP contribution in [0.15, 0.2) is 12.2 Å². The zero-order valence-corrected chi connectivity index (χ0v) is 33.6. The van der Waals surface area contributed by atoms with E-state index in [2.05, 4.69) is 31.3 Å². The number of hydrogen-bond donors (Lipinski definition) is 9. The molecule has 0 spiro atoms. The average molecular weight is 782 g/mol. The van der Waals surface area contributed by atoms with Crippen LogP contribution in [0.4, 0.5) is 0 Å². The van der Waals surface area contributed by atoms with Crippen molar-refractivity contribution in [3.63, 3.8) is 0 Å². The maximum atomic E-state index is 12.9. The first-order valence-electron chi connectivity index (χ1n) is 20.7. The third kappa shape index (κ3) is 23.0. The summed E-state index contributed by atoms with van der Waals surface area (Å²) in [5.41, 5.74) is 0. The number of aliphatic hydroxyl groups excluding tert-OH is 7. The summed E-state index contributed by atoms with van der Waals surface area (Å²) in [6.45, 7) is 3.70. The van der Waals surface area contributed by atoms with Crippen LogP contribution in [0.1, 0.15) is 168 Å². The molecular formula is C39H76NO12P. The van der Waals surface area contributed by atoms with Crippen molar-refractivity contribution >= 4 is 13.7 Å². The molecule has 0 saturated heterocycles. The predicted octanol–water partition coefficient (Wildman–Crippen LogP) is 5.47. The van der Waals surface area contributed by atoms with Crippen LogP contribution >= 0.6 is 7.82 Å². The molecule has 1 saturated carbocycles. The minimum absolute atomic E-state index is 0.231. The van der Waals surface area contributed by atoms with Crippen molar-refractivity contribution in [3.8, 4) is 0 Å². The SMILES string of the molecule is CCCC/C=C\CCCCCC(O)CC(=O)NC(COP(=O)(O)OC1C(O)C(O)C(O)C(O)C1O)C(O)CCCCCCCCCCCCCCCC. The van der Waals surface area contributed by atoms with E-state index >= 15 is 0 Å². The number of carbonyl (C=O) groups excluding carboxylic acids is 1. The first kappa shape index (κ1) is 50.1. The number of amides is 1. The van der Waals surface area contributed by atoms with E-state index in [1.165, 1.54) is 70.6 Å². The van der Waals surface area contributed by atoms with Crippen LogP contribution in [0.25, 0.3) is 0 Å². The molecule has 0 heterocycles. The number of hydrogen-bond acceptors (Lipinski definition) is 11. The lowest BCUT2D eigenvalue weighted by Gasteiger charge is -2.41. The lowest BCUT2D eigenvalue weighted by atomic mass is 9.85. The summed E-state index contributed by atoms with van der Waals surface area (Å²) in [5, 5.41) is 74.2. The number of aliphatic hydroxyl groups is 7. The summed E-state index contributed by atoms with van der Waals surface area (Å²) >= 11 is 0. The predicted molar refractivity (Wildman–Crippen MR) is 206 cm³/mol. The zero-order chi connectivity index (χ0) is 39.5. The highest BCUT2D eigenvalue weighted by Gasteiger charge is 2.51. The maximum Gasteiger partial charge on any atom is 0.472 e. The quantitative estimate of drug-likeness (QED) is 0.0230. The Morgan fingerprint density at radius 3 is 1.60 bits per heavy atom. The van der Waals surface area contributed by atoms with Gasteiger partial charge in [-0.25, -0.2) is 4.57 Å². The number of unbranched alkanes of at least 4 members (excludes halogenated alkanes) is 18. The lowest BCUT2D eigenvalue weighted by molar-refractivity contribution is -0.220. The summed E-state index contributed by atoms with van der Waals surface area (Å²) in [7, 11) is -5.11. The van der Waals surface area contributed by atoms with Gasteiger partial charge >= 0.3 is 7.82 Å². The van der Waals surface area contributed by atoms with Gasteiger partial charge in [-0.2, -0.15) is 0 Å². The number of rotatable bonds is 33. The van der Waals surface area contributed by atoms with E-state index in [0.717, 1.165) is 57.8 Å². The molecule has 14 heteroatoms. The Morgan fingerprint density at radius 2 is 1.08 bits per heavy atom. The second-order valence-corrected chi connectivity index (χ2v) is 16.4. The highest BCUT2D eigenvalue weighted by atomic mass is 31.2. The number of phosphoric ester groups is 1. The Hall–Kier alpha value is -0.960. The smallest absolute Gasteiger partial charge is 0.393 e. The van der Waals surface area contributed by atoms with Gasteiger partial charge in [-0.15, -0.1) is 0 Å². The number of carbonyl (C=O) groups is 1. The first-order chi connectivity index (χ1) is 25.3. The number of phosphoric acid groups is 1. The van der Waals surface area contributed by atoms with E-state index in [4.69, 9.17) is 9.05 Å². The third-order valence-corrected chi connectivity index (χ3v) is 11.1. The topological polar surface area (TPSA) is 226 Å². The van der Waals surface area contributed by atoms with Gasteiger partial charge in [-0.05, 0) is 32.1 Å². The molecule has 314 valence electrons. The molecule has 13 nitrogen and oxygen atoms in total. The van der Waals surface area contributed by atoms with Crippen LogP contribution in [0.2, 0.25) is 0 Å². The maximum absolute atomic E-state index is 12.9. The Morgan fingerprint density at radius 1 is 0.642 bits per heavy atom. The molecule has 1 fully saturated rings. The molecule has 0 bridgehead atoms. The van der Waals surface area contributed by atoms with E-state index in [-0.39, 0.29) is 12.8 Å². The van der Waals surface area contributed by atoms with Crippen molar-refractivity contribution in [1.29, 1.82) is 0 Å². The molecule has 1 aliphatic carbocycles. The van der Waals surface area contributed by atoms with Gasteiger partial charge in [0.2, 0.25) is 5.91 Å². The van der Waals surface area contributed by atoms with Crippen molar-refractivity contribution in [2.24, 2.45) is 0 Å². The molecule has 1 aliphatic rings. The standard InChI is InChI=1S/C39H76NO12P/c1-3-5-7-9-11-13-14-15-16-17-19-21-23-25-27-32(42)31(40-33(43)28-30(41)26-24-22-20-18-12-10-8-6-4-2)29-51-53(49,50)52-39-37(47)35(45)34(44)36(46)38(39)48/h10,12,30-32,34-39,41-42,44-48H,3-9,11,13-29H2,1-2H3,(H,40,43)(H,49,50)/b12-10-. The Balaban J connectivity index is 2.60. The molecule has 0 aromatic rings. The van der Waals surface area contributed by atoms with Gasteiger partial charge in [-0.3, -0.25) is 13.8 Å². The van der Waals surface area contributed by atoms with Crippen LogP contribution < -0.4 is 5.32 Å². The van der Waals surface area contributed by atoms with Gasteiger partial charge in [-0.1, -0.05) is 142 Å². The van der Waals surface area contributed by atoms with Gasteiger partial charge in [0.05, 0.1) is 31.3 Å². The normalized spacial score (nSPS) is 24.9. The van der Waals surface area contributed by atoms with E-state index in [0.29, 0.717) is 12.8 Å². The molecule has 1 rings (SSSR count). The summed E-state index contributed by atoms with van der Waals surface area (Å²) in [6, 6.07) is -1.15. The van der Waals surface area contributed by atoms with Crippen molar-refractivity contribution in [2.75, 3.05) is 6.61 Å². The van der Waals surface area contributed by atoms with Crippen molar-refractivity contribution in [2.45, 2.75) is 223 Å². The molecule has 0 aromatic carbocycles. The molecule has 0 aliphatic heterocycles. The van der Waals surface area contributed by atoms with Gasteiger partial charge in [0.15, 0.2) is 0 Å². The second-order valence-electron chi connectivity index (χ2n) is 15.0. The fraction of sp³-hybridized carbons (Fsp3) is 0.923. The fourth-order valence-corrected chi connectivity index (χ4v) is 7.60. The van der Waals surface area contributed by atoms with Crippen molar-refractivity contribution in [1.82, 2.24) is 5.32 Å². The van der Waals surface area contributed by atoms with Crippen LogP contribution in [0.5, 0.6) is 0 Å². The highest BCUT2D eigenvalue weighted by Crippen LogP contribution is 2.47. The molecule has 0 radical (unpaired) electrons.